The maximum absolute atomic E-state index is 10.8. The lowest BCUT2D eigenvalue weighted by Gasteiger charge is -2.33. The molecule has 170 valence electrons. The van der Waals surface area contributed by atoms with Crippen LogP contribution < -0.4 is 14.8 Å². The molecule has 0 saturated carbocycles. The fraction of sp³-hybridized carbons (Fsp3) is 0.476. The summed E-state index contributed by atoms with van der Waals surface area (Å²) in [7, 11) is 0. The van der Waals surface area contributed by atoms with E-state index in [9.17, 15) is 5.11 Å². The number of carboxylic acid groups (broad SMARTS) is 2. The van der Waals surface area contributed by atoms with E-state index in [1.807, 2.05) is 29.8 Å². The molecule has 10 nitrogen and oxygen atoms in total. The first-order chi connectivity index (χ1) is 14.6. The van der Waals surface area contributed by atoms with Crippen molar-refractivity contribution < 1.29 is 34.4 Å². The number of aliphatic hydroxyl groups is 1. The lowest BCUT2D eigenvalue weighted by atomic mass is 9.94. The minimum absolute atomic E-state index is 0.262. The monoisotopic (exact) mass is 435 g/mol. The third-order valence-electron chi connectivity index (χ3n) is 4.59. The van der Waals surface area contributed by atoms with Crippen LogP contribution in [-0.4, -0.2) is 62.3 Å². The van der Waals surface area contributed by atoms with E-state index in [1.165, 1.54) is 0 Å². The molecule has 1 atom stereocenters. The normalized spacial score (nSPS) is 18.8. The van der Waals surface area contributed by atoms with E-state index in [0.29, 0.717) is 13.1 Å². The van der Waals surface area contributed by atoms with E-state index in [0.717, 1.165) is 61.7 Å². The van der Waals surface area contributed by atoms with Gasteiger partial charge in [0.1, 0.15) is 5.82 Å². The van der Waals surface area contributed by atoms with Gasteiger partial charge in [-0.3, -0.25) is 9.59 Å². The van der Waals surface area contributed by atoms with Crippen molar-refractivity contribution in [3.8, 4) is 22.9 Å². The standard InChI is InChI=1S/C17H21N3O3.2C2H4O2/c1-12-7-14-15(23-11-22-14)8-13(12)16-19-5-6-20(16)10-17(21)3-2-4-18-9-17;2*1-2(3)4/h5-8,18,21H,2-4,9-11H2,1H3;2*1H3,(H,3,4). The molecule has 31 heavy (non-hydrogen) atoms. The number of piperidine rings is 1. The van der Waals surface area contributed by atoms with Crippen molar-refractivity contribution in [1.82, 2.24) is 14.9 Å². The zero-order chi connectivity index (χ0) is 23.0. The number of nitrogens with one attached hydrogen (secondary N) is 1. The number of β-amino-alcohol motifs (C(OH)–C–C–N with tert-alkyl or cyclic N) is 1. The maximum Gasteiger partial charge on any atom is 0.300 e. The van der Waals surface area contributed by atoms with E-state index in [2.05, 4.69) is 10.3 Å². The highest BCUT2D eigenvalue weighted by Gasteiger charge is 2.30. The van der Waals surface area contributed by atoms with Gasteiger partial charge < -0.3 is 34.7 Å². The number of fused-ring (bicyclic) bond motifs is 1. The molecule has 4 rings (SSSR count). The highest BCUT2D eigenvalue weighted by Crippen LogP contribution is 2.38. The van der Waals surface area contributed by atoms with Crippen molar-refractivity contribution >= 4 is 11.9 Å². The van der Waals surface area contributed by atoms with Gasteiger partial charge in [-0.1, -0.05) is 0 Å². The van der Waals surface area contributed by atoms with Crippen LogP contribution >= 0.6 is 0 Å². The predicted octanol–water partition coefficient (Wildman–Crippen LogP) is 1.88. The van der Waals surface area contributed by atoms with Gasteiger partial charge in [0.2, 0.25) is 6.79 Å². The smallest absolute Gasteiger partial charge is 0.300 e. The Bertz CT molecular complexity index is 884. The van der Waals surface area contributed by atoms with Gasteiger partial charge in [0.25, 0.3) is 11.9 Å². The summed E-state index contributed by atoms with van der Waals surface area (Å²) < 4.78 is 12.9. The molecule has 2 aliphatic rings. The summed E-state index contributed by atoms with van der Waals surface area (Å²) in [6.07, 6.45) is 5.49. The Hall–Kier alpha value is -3.11. The Balaban J connectivity index is 0.000000370. The number of nitrogens with zero attached hydrogens (tertiary/aromatic N) is 2. The van der Waals surface area contributed by atoms with Crippen molar-refractivity contribution in [2.24, 2.45) is 0 Å². The number of imidazole rings is 1. The molecule has 0 spiro atoms. The SMILES string of the molecule is CC(=O)O.CC(=O)O.Cc1cc2c(cc1-c1nccn1CC1(O)CCCNC1)OCO2. The second kappa shape index (κ2) is 10.8. The number of carboxylic acids is 2. The second-order valence-corrected chi connectivity index (χ2v) is 7.44. The molecule has 1 aromatic carbocycles. The van der Waals surface area contributed by atoms with Crippen LogP contribution in [0.3, 0.4) is 0 Å². The van der Waals surface area contributed by atoms with Crippen LogP contribution in [0.25, 0.3) is 11.4 Å². The summed E-state index contributed by atoms with van der Waals surface area (Å²) in [6, 6.07) is 3.95. The Morgan fingerprint density at radius 2 is 1.81 bits per heavy atom. The van der Waals surface area contributed by atoms with E-state index in [-0.39, 0.29) is 6.79 Å². The largest absolute Gasteiger partial charge is 0.481 e. The molecule has 1 saturated heterocycles. The third kappa shape index (κ3) is 7.26. The van der Waals surface area contributed by atoms with Gasteiger partial charge in [-0.05, 0) is 44.0 Å². The quantitative estimate of drug-likeness (QED) is 0.568. The van der Waals surface area contributed by atoms with E-state index < -0.39 is 17.5 Å². The summed E-state index contributed by atoms with van der Waals surface area (Å²) in [4.78, 5) is 22.5. The van der Waals surface area contributed by atoms with E-state index in [1.54, 1.807) is 6.20 Å². The zero-order valence-corrected chi connectivity index (χ0v) is 17.9. The number of hydrogen-bond donors (Lipinski definition) is 4. The molecule has 0 amide bonds. The molecule has 4 N–H and O–H groups in total. The Labute approximate surface area is 180 Å². The fourth-order valence-corrected chi connectivity index (χ4v) is 3.37. The second-order valence-electron chi connectivity index (χ2n) is 7.44. The van der Waals surface area contributed by atoms with Gasteiger partial charge in [0.05, 0.1) is 12.1 Å². The minimum atomic E-state index is -0.833. The maximum atomic E-state index is 10.8. The Morgan fingerprint density at radius 3 is 2.39 bits per heavy atom. The number of ether oxygens (including phenoxy) is 2. The fourth-order valence-electron chi connectivity index (χ4n) is 3.37. The number of aromatic nitrogens is 2. The minimum Gasteiger partial charge on any atom is -0.481 e. The van der Waals surface area contributed by atoms with Crippen LogP contribution in [0, 0.1) is 6.92 Å². The first-order valence-electron chi connectivity index (χ1n) is 9.85. The van der Waals surface area contributed by atoms with Gasteiger partial charge in [0.15, 0.2) is 11.5 Å². The summed E-state index contributed by atoms with van der Waals surface area (Å²) in [5.41, 5.74) is 1.36. The van der Waals surface area contributed by atoms with Gasteiger partial charge in [-0.2, -0.15) is 0 Å². The van der Waals surface area contributed by atoms with Crippen LogP contribution in [0.1, 0.15) is 32.3 Å². The highest BCUT2D eigenvalue weighted by atomic mass is 16.7. The summed E-state index contributed by atoms with van der Waals surface area (Å²) in [5.74, 6) is 0.706. The molecule has 0 aliphatic carbocycles. The summed E-state index contributed by atoms with van der Waals surface area (Å²) in [6.45, 7) is 6.58. The average molecular weight is 435 g/mol. The molecule has 2 aliphatic heterocycles. The highest BCUT2D eigenvalue weighted by molar-refractivity contribution is 5.66. The number of rotatable bonds is 3. The number of carbonyl (C=O) groups is 2. The Kier molecular flexibility index (Phi) is 8.40. The molecular weight excluding hydrogens is 406 g/mol. The molecule has 2 aromatic rings. The van der Waals surface area contributed by atoms with Gasteiger partial charge in [-0.25, -0.2) is 4.98 Å². The molecule has 1 unspecified atom stereocenters. The summed E-state index contributed by atoms with van der Waals surface area (Å²) >= 11 is 0. The average Bonchev–Trinajstić information content (AvgIpc) is 3.29. The lowest BCUT2D eigenvalue weighted by molar-refractivity contribution is -0.135. The summed E-state index contributed by atoms with van der Waals surface area (Å²) in [5, 5.41) is 28.9. The molecule has 0 bridgehead atoms. The lowest BCUT2D eigenvalue weighted by Crippen LogP contribution is -2.48. The predicted molar refractivity (Wildman–Crippen MR) is 112 cm³/mol. The topological polar surface area (TPSA) is 143 Å². The van der Waals surface area contributed by atoms with Crippen molar-refractivity contribution in [2.45, 2.75) is 45.8 Å². The van der Waals surface area contributed by atoms with Crippen LogP contribution in [0.4, 0.5) is 0 Å². The van der Waals surface area contributed by atoms with E-state index in [4.69, 9.17) is 29.3 Å². The molecule has 1 aromatic heterocycles. The van der Waals surface area contributed by atoms with Crippen LogP contribution in [0.5, 0.6) is 11.5 Å². The molecule has 1 fully saturated rings. The molecule has 0 radical (unpaired) electrons. The first-order valence-corrected chi connectivity index (χ1v) is 9.85. The van der Waals surface area contributed by atoms with Crippen molar-refractivity contribution in [1.29, 1.82) is 0 Å². The van der Waals surface area contributed by atoms with Gasteiger partial charge in [0, 0.05) is 38.3 Å². The number of benzene rings is 1. The van der Waals surface area contributed by atoms with Crippen molar-refractivity contribution in [3.05, 3.63) is 30.1 Å². The zero-order valence-electron chi connectivity index (χ0n) is 17.9. The number of aliphatic carboxylic acids is 2. The van der Waals surface area contributed by atoms with Crippen molar-refractivity contribution in [2.75, 3.05) is 19.9 Å². The molecule has 3 heterocycles. The molecular formula is C21H29N3O7. The van der Waals surface area contributed by atoms with E-state index >= 15 is 0 Å². The number of aryl methyl sites for hydroxylation is 1. The molecule has 10 heteroatoms. The Morgan fingerprint density at radius 1 is 1.19 bits per heavy atom. The van der Waals surface area contributed by atoms with Crippen molar-refractivity contribution in [3.63, 3.8) is 0 Å². The van der Waals surface area contributed by atoms with Gasteiger partial charge >= 0.3 is 0 Å². The number of hydrogen-bond acceptors (Lipinski definition) is 7. The van der Waals surface area contributed by atoms with Crippen LogP contribution in [-0.2, 0) is 16.1 Å². The van der Waals surface area contributed by atoms with Crippen LogP contribution in [0.15, 0.2) is 24.5 Å². The first kappa shape index (κ1) is 24.2. The van der Waals surface area contributed by atoms with Gasteiger partial charge in [-0.15, -0.1) is 0 Å². The third-order valence-corrected chi connectivity index (χ3v) is 4.59. The van der Waals surface area contributed by atoms with Crippen LogP contribution in [0.2, 0.25) is 0 Å².